The van der Waals surface area contributed by atoms with E-state index in [4.69, 9.17) is 4.74 Å². The minimum absolute atomic E-state index is 0.0874. The normalized spacial score (nSPS) is 34.7. The number of rotatable bonds is 0. The maximum absolute atomic E-state index is 11.8. The Balaban J connectivity index is 2.10. The van der Waals surface area contributed by atoms with Gasteiger partial charge in [0, 0.05) is 17.4 Å². The van der Waals surface area contributed by atoms with Crippen molar-refractivity contribution in [2.45, 2.75) is 39.7 Å². The van der Waals surface area contributed by atoms with Gasteiger partial charge in [-0.25, -0.2) is 4.79 Å². The average Bonchev–Trinajstić information content (AvgIpc) is 2.58. The summed E-state index contributed by atoms with van der Waals surface area (Å²) in [5.41, 5.74) is 3.63. The Morgan fingerprint density at radius 2 is 2.00 bits per heavy atom. The van der Waals surface area contributed by atoms with Crippen LogP contribution in [0.15, 0.2) is 34.4 Å². The third-order valence-corrected chi connectivity index (χ3v) is 4.52. The van der Waals surface area contributed by atoms with Gasteiger partial charge in [0.25, 0.3) is 0 Å². The van der Waals surface area contributed by atoms with E-state index in [9.17, 15) is 9.59 Å². The van der Waals surface area contributed by atoms with Crippen molar-refractivity contribution in [3.05, 3.63) is 34.4 Å². The van der Waals surface area contributed by atoms with Crippen LogP contribution in [-0.4, -0.2) is 17.9 Å². The fourth-order valence-electron chi connectivity index (χ4n) is 3.24. The summed E-state index contributed by atoms with van der Waals surface area (Å²) in [4.78, 5) is 23.4. The fourth-order valence-corrected chi connectivity index (χ4v) is 3.24. The lowest BCUT2D eigenvalue weighted by Gasteiger charge is -2.40. The van der Waals surface area contributed by atoms with Gasteiger partial charge in [-0.3, -0.25) is 4.79 Å². The first-order valence-corrected chi connectivity index (χ1v) is 6.27. The predicted octanol–water partition coefficient (Wildman–Crippen LogP) is 2.48. The van der Waals surface area contributed by atoms with Crippen LogP contribution in [0.1, 0.15) is 33.6 Å². The molecule has 0 aromatic carbocycles. The highest BCUT2D eigenvalue weighted by Crippen LogP contribution is 2.50. The Morgan fingerprint density at radius 1 is 1.28 bits per heavy atom. The van der Waals surface area contributed by atoms with E-state index < -0.39 is 0 Å². The second-order valence-corrected chi connectivity index (χ2v) is 5.64. The van der Waals surface area contributed by atoms with Crippen LogP contribution in [0.25, 0.3) is 0 Å². The summed E-state index contributed by atoms with van der Waals surface area (Å²) < 4.78 is 5.40. The zero-order chi connectivity index (χ0) is 13.1. The van der Waals surface area contributed by atoms with Crippen molar-refractivity contribution in [1.82, 2.24) is 0 Å². The van der Waals surface area contributed by atoms with Crippen molar-refractivity contribution < 1.29 is 14.3 Å². The van der Waals surface area contributed by atoms with Crippen LogP contribution in [0.3, 0.4) is 0 Å². The molecule has 1 fully saturated rings. The van der Waals surface area contributed by atoms with Crippen LogP contribution in [0.5, 0.6) is 0 Å². The molecule has 3 rings (SSSR count). The molecule has 0 bridgehead atoms. The summed E-state index contributed by atoms with van der Waals surface area (Å²) >= 11 is 0. The number of allylic oxidation sites excluding steroid dienone is 4. The fraction of sp³-hybridized carbons (Fsp3) is 0.467. The summed E-state index contributed by atoms with van der Waals surface area (Å²) in [6, 6.07) is 0. The predicted molar refractivity (Wildman–Crippen MR) is 66.8 cm³/mol. The number of carbonyl (C=O) groups excluding carboxylic acids is 2. The summed E-state index contributed by atoms with van der Waals surface area (Å²) in [7, 11) is 0. The van der Waals surface area contributed by atoms with Crippen molar-refractivity contribution in [2.24, 2.45) is 5.41 Å². The second-order valence-electron chi connectivity index (χ2n) is 5.64. The van der Waals surface area contributed by atoms with Crippen LogP contribution in [0.2, 0.25) is 0 Å². The van der Waals surface area contributed by atoms with E-state index in [1.807, 2.05) is 19.9 Å². The maximum Gasteiger partial charge on any atom is 0.334 e. The molecule has 0 saturated heterocycles. The molecule has 3 heteroatoms. The molecule has 0 N–H and O–H groups in total. The van der Waals surface area contributed by atoms with E-state index in [0.29, 0.717) is 6.42 Å². The third-order valence-electron chi connectivity index (χ3n) is 4.52. The molecule has 0 aromatic rings. The van der Waals surface area contributed by atoms with Gasteiger partial charge in [-0.2, -0.15) is 0 Å². The van der Waals surface area contributed by atoms with Crippen molar-refractivity contribution in [3.8, 4) is 0 Å². The number of carbonyl (C=O) groups is 2. The Morgan fingerprint density at radius 3 is 2.72 bits per heavy atom. The lowest BCUT2D eigenvalue weighted by Crippen LogP contribution is -2.34. The van der Waals surface area contributed by atoms with Gasteiger partial charge < -0.3 is 4.74 Å². The van der Waals surface area contributed by atoms with Gasteiger partial charge in [-0.1, -0.05) is 13.0 Å². The Labute approximate surface area is 106 Å². The molecule has 0 radical (unpaired) electrons. The molecule has 0 amide bonds. The molecular formula is C15H16O3. The van der Waals surface area contributed by atoms with Crippen molar-refractivity contribution in [1.29, 1.82) is 0 Å². The molecule has 1 heterocycles. The largest absolute Gasteiger partial charge is 0.454 e. The first-order chi connectivity index (χ1) is 8.42. The molecule has 18 heavy (non-hydrogen) atoms. The number of hydrogen-bond acceptors (Lipinski definition) is 3. The smallest absolute Gasteiger partial charge is 0.334 e. The molecule has 0 aromatic heterocycles. The van der Waals surface area contributed by atoms with E-state index in [1.165, 1.54) is 0 Å². The average molecular weight is 244 g/mol. The molecule has 94 valence electrons. The standard InChI is InChI=1S/C15H16O3/c1-8-10-6-11-9(2)12(16)4-5-15(11,3)7-13(10)18-14(8)17/h4-5,13H,6-7H2,1-3H3/t13-,15+/m0/s1. The molecule has 0 unspecified atom stereocenters. The van der Waals surface area contributed by atoms with Crippen LogP contribution in [-0.2, 0) is 14.3 Å². The first kappa shape index (κ1) is 11.5. The van der Waals surface area contributed by atoms with Gasteiger partial charge in [0.1, 0.15) is 6.10 Å². The lowest BCUT2D eigenvalue weighted by molar-refractivity contribution is -0.140. The summed E-state index contributed by atoms with van der Waals surface area (Å²) in [6.07, 6.45) is 4.97. The number of esters is 1. The molecule has 3 aliphatic rings. The van der Waals surface area contributed by atoms with Gasteiger partial charge in [0.05, 0.1) is 0 Å². The van der Waals surface area contributed by atoms with E-state index in [0.717, 1.165) is 28.7 Å². The highest BCUT2D eigenvalue weighted by molar-refractivity contribution is 6.05. The molecule has 3 nitrogen and oxygen atoms in total. The van der Waals surface area contributed by atoms with Crippen LogP contribution in [0, 0.1) is 5.41 Å². The van der Waals surface area contributed by atoms with E-state index in [1.54, 1.807) is 6.08 Å². The minimum Gasteiger partial charge on any atom is -0.454 e. The minimum atomic E-state index is -0.203. The number of ether oxygens (including phenoxy) is 1. The summed E-state index contributed by atoms with van der Waals surface area (Å²) in [5, 5.41) is 0. The second kappa shape index (κ2) is 3.44. The third kappa shape index (κ3) is 1.36. The van der Waals surface area contributed by atoms with Gasteiger partial charge in [-0.15, -0.1) is 0 Å². The van der Waals surface area contributed by atoms with E-state index in [-0.39, 0.29) is 23.3 Å². The highest BCUT2D eigenvalue weighted by atomic mass is 16.5. The number of hydrogen-bond donors (Lipinski definition) is 0. The van der Waals surface area contributed by atoms with Gasteiger partial charge in [0.15, 0.2) is 5.78 Å². The van der Waals surface area contributed by atoms with Crippen molar-refractivity contribution in [2.75, 3.05) is 0 Å². The summed E-state index contributed by atoms with van der Waals surface area (Å²) in [6.45, 7) is 5.82. The topological polar surface area (TPSA) is 43.4 Å². The summed E-state index contributed by atoms with van der Waals surface area (Å²) in [5.74, 6) is -0.116. The van der Waals surface area contributed by atoms with E-state index >= 15 is 0 Å². The molecule has 2 atom stereocenters. The Hall–Kier alpha value is -1.64. The van der Waals surface area contributed by atoms with Crippen LogP contribution >= 0.6 is 0 Å². The van der Waals surface area contributed by atoms with Crippen molar-refractivity contribution >= 4 is 11.8 Å². The first-order valence-electron chi connectivity index (χ1n) is 6.27. The molecular weight excluding hydrogens is 228 g/mol. The van der Waals surface area contributed by atoms with Gasteiger partial charge in [-0.05, 0) is 43.1 Å². The molecule has 2 aliphatic carbocycles. The van der Waals surface area contributed by atoms with E-state index in [2.05, 4.69) is 6.92 Å². The Bertz CT molecular complexity index is 562. The maximum atomic E-state index is 11.8. The van der Waals surface area contributed by atoms with Crippen LogP contribution < -0.4 is 0 Å². The molecule has 1 saturated carbocycles. The Kier molecular flexibility index (Phi) is 2.19. The monoisotopic (exact) mass is 244 g/mol. The number of ketones is 1. The van der Waals surface area contributed by atoms with Crippen molar-refractivity contribution in [3.63, 3.8) is 0 Å². The van der Waals surface area contributed by atoms with Gasteiger partial charge >= 0.3 is 5.97 Å². The SMILES string of the molecule is CC1=C2CC3=C(C)C(=O)C=C[C@]3(C)C[C@@H]2OC1=O. The molecule has 0 spiro atoms. The number of fused-ring (bicyclic) bond motifs is 2. The lowest BCUT2D eigenvalue weighted by atomic mass is 9.65. The zero-order valence-corrected chi connectivity index (χ0v) is 10.9. The highest BCUT2D eigenvalue weighted by Gasteiger charge is 2.45. The zero-order valence-electron chi connectivity index (χ0n) is 10.9. The van der Waals surface area contributed by atoms with Gasteiger partial charge in [0.2, 0.25) is 0 Å². The molecule has 1 aliphatic heterocycles. The van der Waals surface area contributed by atoms with Crippen LogP contribution in [0.4, 0.5) is 0 Å². The quantitative estimate of drug-likeness (QED) is 0.615.